The Balaban J connectivity index is 1.90. The molecule has 0 spiro atoms. The Labute approximate surface area is 144 Å². The number of aryl methyl sites for hydroxylation is 1. The third kappa shape index (κ3) is 3.65. The predicted molar refractivity (Wildman–Crippen MR) is 94.2 cm³/mol. The Hall–Kier alpha value is -3.22. The van der Waals surface area contributed by atoms with E-state index in [1.54, 1.807) is 12.1 Å². The standard InChI is InChI=1S/C18H18N4O3/c1-3-17-20-18(25-21-17)14-9-10-15(16(11-14)22(23)24)19-12(2)13-7-5-4-6-8-13/h4-12,19H,3H2,1-2H3/t12-/m0/s1. The van der Waals surface area contributed by atoms with E-state index in [0.717, 1.165) is 5.56 Å². The van der Waals surface area contributed by atoms with Crippen molar-refractivity contribution in [3.8, 4) is 11.5 Å². The van der Waals surface area contributed by atoms with E-state index in [1.165, 1.54) is 6.07 Å². The Morgan fingerprint density at radius 1 is 1.24 bits per heavy atom. The van der Waals surface area contributed by atoms with Crippen molar-refractivity contribution in [2.75, 3.05) is 5.32 Å². The average molecular weight is 338 g/mol. The maximum Gasteiger partial charge on any atom is 0.293 e. The molecule has 7 nitrogen and oxygen atoms in total. The molecule has 0 saturated heterocycles. The maximum absolute atomic E-state index is 11.5. The minimum Gasteiger partial charge on any atom is -0.373 e. The molecule has 0 amide bonds. The second-order valence-corrected chi connectivity index (χ2v) is 5.64. The van der Waals surface area contributed by atoms with E-state index in [9.17, 15) is 10.1 Å². The Morgan fingerprint density at radius 3 is 2.64 bits per heavy atom. The van der Waals surface area contributed by atoms with E-state index in [4.69, 9.17) is 4.52 Å². The van der Waals surface area contributed by atoms with Crippen molar-refractivity contribution in [3.63, 3.8) is 0 Å². The molecular weight excluding hydrogens is 320 g/mol. The van der Waals surface area contributed by atoms with Crippen LogP contribution < -0.4 is 5.32 Å². The first-order valence-corrected chi connectivity index (χ1v) is 8.01. The summed E-state index contributed by atoms with van der Waals surface area (Å²) >= 11 is 0. The third-order valence-corrected chi connectivity index (χ3v) is 3.90. The van der Waals surface area contributed by atoms with Gasteiger partial charge in [-0.1, -0.05) is 42.4 Å². The molecule has 3 rings (SSSR count). The van der Waals surface area contributed by atoms with E-state index in [-0.39, 0.29) is 17.6 Å². The van der Waals surface area contributed by atoms with Crippen molar-refractivity contribution >= 4 is 11.4 Å². The van der Waals surface area contributed by atoms with Gasteiger partial charge in [0.15, 0.2) is 5.82 Å². The highest BCUT2D eigenvalue weighted by Crippen LogP contribution is 2.32. The first-order chi connectivity index (χ1) is 12.1. The molecule has 1 N–H and O–H groups in total. The van der Waals surface area contributed by atoms with Crippen LogP contribution in [0.4, 0.5) is 11.4 Å². The highest BCUT2D eigenvalue weighted by atomic mass is 16.6. The summed E-state index contributed by atoms with van der Waals surface area (Å²) in [5, 5.41) is 18.5. The Morgan fingerprint density at radius 2 is 2.00 bits per heavy atom. The van der Waals surface area contributed by atoms with Crippen LogP contribution in [0.1, 0.15) is 31.3 Å². The molecule has 0 unspecified atom stereocenters. The smallest absolute Gasteiger partial charge is 0.293 e. The molecule has 0 bridgehead atoms. The van der Waals surface area contributed by atoms with Gasteiger partial charge in [-0.25, -0.2) is 0 Å². The van der Waals surface area contributed by atoms with Gasteiger partial charge in [-0.3, -0.25) is 10.1 Å². The average Bonchev–Trinajstić information content (AvgIpc) is 3.11. The zero-order chi connectivity index (χ0) is 17.8. The summed E-state index contributed by atoms with van der Waals surface area (Å²) in [5.74, 6) is 0.847. The highest BCUT2D eigenvalue weighted by Gasteiger charge is 2.19. The number of nitro groups is 1. The van der Waals surface area contributed by atoms with Gasteiger partial charge in [-0.15, -0.1) is 0 Å². The van der Waals surface area contributed by atoms with Crippen LogP contribution in [0, 0.1) is 10.1 Å². The van der Waals surface area contributed by atoms with Crippen LogP contribution in [0.2, 0.25) is 0 Å². The number of nitrogens with zero attached hydrogens (tertiary/aromatic N) is 3. The molecule has 2 aromatic carbocycles. The molecule has 0 aliphatic rings. The number of benzene rings is 2. The second-order valence-electron chi connectivity index (χ2n) is 5.64. The molecule has 0 aliphatic heterocycles. The second kappa shape index (κ2) is 7.12. The van der Waals surface area contributed by atoms with Gasteiger partial charge in [-0.2, -0.15) is 4.98 Å². The fraction of sp³-hybridized carbons (Fsp3) is 0.222. The van der Waals surface area contributed by atoms with E-state index in [2.05, 4.69) is 15.5 Å². The van der Waals surface area contributed by atoms with Crippen LogP contribution in [-0.2, 0) is 6.42 Å². The number of anilines is 1. The Kier molecular flexibility index (Phi) is 4.74. The van der Waals surface area contributed by atoms with Gasteiger partial charge in [0, 0.05) is 24.1 Å². The number of aromatic nitrogens is 2. The van der Waals surface area contributed by atoms with Crippen molar-refractivity contribution in [3.05, 3.63) is 70.0 Å². The summed E-state index contributed by atoms with van der Waals surface area (Å²) in [7, 11) is 0. The SMILES string of the molecule is CCc1noc(-c2ccc(N[C@@H](C)c3ccccc3)c([N+](=O)[O-])c2)n1. The molecule has 0 radical (unpaired) electrons. The molecule has 0 aliphatic carbocycles. The zero-order valence-corrected chi connectivity index (χ0v) is 14.0. The summed E-state index contributed by atoms with van der Waals surface area (Å²) in [5.41, 5.74) is 1.99. The summed E-state index contributed by atoms with van der Waals surface area (Å²) < 4.78 is 5.16. The van der Waals surface area contributed by atoms with Crippen molar-refractivity contribution in [2.45, 2.75) is 26.3 Å². The molecule has 0 saturated carbocycles. The first-order valence-electron chi connectivity index (χ1n) is 8.01. The fourth-order valence-electron chi connectivity index (χ4n) is 2.51. The normalized spacial score (nSPS) is 11.9. The zero-order valence-electron chi connectivity index (χ0n) is 14.0. The van der Waals surface area contributed by atoms with Gasteiger partial charge in [0.2, 0.25) is 0 Å². The molecule has 7 heteroatoms. The van der Waals surface area contributed by atoms with E-state index < -0.39 is 4.92 Å². The van der Waals surface area contributed by atoms with E-state index >= 15 is 0 Å². The number of hydrogen-bond acceptors (Lipinski definition) is 6. The van der Waals surface area contributed by atoms with Crippen molar-refractivity contribution in [1.82, 2.24) is 10.1 Å². The lowest BCUT2D eigenvalue weighted by Gasteiger charge is -2.16. The molecule has 1 heterocycles. The number of nitro benzene ring substituents is 1. The van der Waals surface area contributed by atoms with Gasteiger partial charge in [0.25, 0.3) is 11.6 Å². The summed E-state index contributed by atoms with van der Waals surface area (Å²) in [4.78, 5) is 15.3. The lowest BCUT2D eigenvalue weighted by molar-refractivity contribution is -0.383. The van der Waals surface area contributed by atoms with Crippen LogP contribution in [0.5, 0.6) is 0 Å². The molecular formula is C18H18N4O3. The summed E-state index contributed by atoms with van der Waals surface area (Å²) in [6, 6.07) is 14.5. The van der Waals surface area contributed by atoms with Crippen LogP contribution in [0.25, 0.3) is 11.5 Å². The molecule has 128 valence electrons. The summed E-state index contributed by atoms with van der Waals surface area (Å²) in [6.07, 6.45) is 0.639. The maximum atomic E-state index is 11.5. The lowest BCUT2D eigenvalue weighted by Crippen LogP contribution is -2.08. The molecule has 25 heavy (non-hydrogen) atoms. The fourth-order valence-corrected chi connectivity index (χ4v) is 2.51. The van der Waals surface area contributed by atoms with Crippen LogP contribution in [-0.4, -0.2) is 15.1 Å². The van der Waals surface area contributed by atoms with Crippen molar-refractivity contribution < 1.29 is 9.45 Å². The third-order valence-electron chi connectivity index (χ3n) is 3.90. The molecule has 3 aromatic rings. The monoisotopic (exact) mass is 338 g/mol. The lowest BCUT2D eigenvalue weighted by atomic mass is 10.1. The number of hydrogen-bond donors (Lipinski definition) is 1. The quantitative estimate of drug-likeness (QED) is 0.529. The number of nitrogens with one attached hydrogen (secondary N) is 1. The molecule has 1 atom stereocenters. The van der Waals surface area contributed by atoms with Gasteiger partial charge in [0.1, 0.15) is 5.69 Å². The minimum atomic E-state index is -0.416. The van der Waals surface area contributed by atoms with Crippen LogP contribution in [0.3, 0.4) is 0 Å². The van der Waals surface area contributed by atoms with Gasteiger partial charge in [-0.05, 0) is 24.6 Å². The van der Waals surface area contributed by atoms with Crippen molar-refractivity contribution in [1.29, 1.82) is 0 Å². The van der Waals surface area contributed by atoms with Crippen LogP contribution in [0.15, 0.2) is 53.1 Å². The Bertz CT molecular complexity index is 877. The van der Waals surface area contributed by atoms with Gasteiger partial charge in [0.05, 0.1) is 4.92 Å². The van der Waals surface area contributed by atoms with Gasteiger partial charge >= 0.3 is 0 Å². The predicted octanol–water partition coefficient (Wildman–Crippen LogP) is 4.38. The van der Waals surface area contributed by atoms with E-state index in [0.29, 0.717) is 23.5 Å². The minimum absolute atomic E-state index is 0.0310. The molecule has 1 aromatic heterocycles. The summed E-state index contributed by atoms with van der Waals surface area (Å²) in [6.45, 7) is 3.87. The topological polar surface area (TPSA) is 94.1 Å². The number of rotatable bonds is 6. The molecule has 0 fully saturated rings. The van der Waals surface area contributed by atoms with Gasteiger partial charge < -0.3 is 9.84 Å². The van der Waals surface area contributed by atoms with Crippen molar-refractivity contribution in [2.24, 2.45) is 0 Å². The first kappa shape index (κ1) is 16.6. The van der Waals surface area contributed by atoms with Crippen LogP contribution >= 0.6 is 0 Å². The largest absolute Gasteiger partial charge is 0.373 e. The highest BCUT2D eigenvalue weighted by molar-refractivity contribution is 5.70. The van der Waals surface area contributed by atoms with E-state index in [1.807, 2.05) is 44.2 Å².